The van der Waals surface area contributed by atoms with Crippen LogP contribution in [0.3, 0.4) is 0 Å². The lowest BCUT2D eigenvalue weighted by atomic mass is 10.1. The molecule has 0 atom stereocenters. The number of carbonyl (C=O) groups is 1. The van der Waals surface area contributed by atoms with E-state index in [-0.39, 0.29) is 17.5 Å². The Hall–Kier alpha value is -3.32. The van der Waals surface area contributed by atoms with Crippen LogP contribution < -0.4 is 5.32 Å². The molecule has 0 fully saturated rings. The van der Waals surface area contributed by atoms with Crippen molar-refractivity contribution in [3.63, 3.8) is 0 Å². The summed E-state index contributed by atoms with van der Waals surface area (Å²) in [7, 11) is 1.78. The minimum atomic E-state index is -0.332. The number of anilines is 1. The highest BCUT2D eigenvalue weighted by Gasteiger charge is 2.17. The van der Waals surface area contributed by atoms with E-state index in [0.29, 0.717) is 16.4 Å². The fraction of sp³-hybridized carbons (Fsp3) is 0.0476. The molecular weight excluding hydrogens is 380 g/mol. The summed E-state index contributed by atoms with van der Waals surface area (Å²) in [6.07, 6.45) is 0. The summed E-state index contributed by atoms with van der Waals surface area (Å²) < 4.78 is 28.1. The number of nitrogens with zero attached hydrogens (tertiary/aromatic N) is 2. The predicted octanol–water partition coefficient (Wildman–Crippen LogP) is 5.35. The predicted molar refractivity (Wildman–Crippen MR) is 106 cm³/mol. The lowest BCUT2D eigenvalue weighted by molar-refractivity contribution is 0.102. The highest BCUT2D eigenvalue weighted by Crippen LogP contribution is 2.31. The number of benzene rings is 2. The second-order valence-corrected chi connectivity index (χ2v) is 7.02. The summed E-state index contributed by atoms with van der Waals surface area (Å²) >= 11 is 1.29. The van der Waals surface area contributed by atoms with Gasteiger partial charge in [0.15, 0.2) is 0 Å². The number of amides is 1. The molecule has 4 nitrogen and oxygen atoms in total. The van der Waals surface area contributed by atoms with Crippen molar-refractivity contribution in [2.24, 2.45) is 7.05 Å². The molecule has 1 N–H and O–H groups in total. The molecule has 2 aromatic heterocycles. The molecule has 28 heavy (non-hydrogen) atoms. The number of hydrogen-bond acceptors (Lipinski definition) is 3. The third kappa shape index (κ3) is 3.44. The molecule has 0 unspecified atom stereocenters. The Labute approximate surface area is 164 Å². The van der Waals surface area contributed by atoms with Gasteiger partial charge in [0.1, 0.15) is 28.0 Å². The smallest absolute Gasteiger partial charge is 0.272 e. The van der Waals surface area contributed by atoms with Gasteiger partial charge < -0.3 is 9.88 Å². The second-order valence-electron chi connectivity index (χ2n) is 6.16. The molecule has 0 saturated carbocycles. The van der Waals surface area contributed by atoms with E-state index < -0.39 is 0 Å². The number of rotatable bonds is 4. The quantitative estimate of drug-likeness (QED) is 0.507. The van der Waals surface area contributed by atoms with Crippen molar-refractivity contribution in [3.8, 4) is 22.5 Å². The van der Waals surface area contributed by atoms with Gasteiger partial charge in [-0.2, -0.15) is 0 Å². The van der Waals surface area contributed by atoms with E-state index in [9.17, 15) is 13.6 Å². The molecule has 0 radical (unpaired) electrons. The first-order valence-corrected chi connectivity index (χ1v) is 9.33. The van der Waals surface area contributed by atoms with Crippen LogP contribution in [0.2, 0.25) is 0 Å². The summed E-state index contributed by atoms with van der Waals surface area (Å²) in [6, 6.07) is 15.6. The number of nitrogens with one attached hydrogen (secondary N) is 1. The fourth-order valence-corrected chi connectivity index (χ4v) is 3.66. The van der Waals surface area contributed by atoms with Crippen LogP contribution in [0.1, 0.15) is 10.5 Å². The van der Waals surface area contributed by atoms with E-state index in [1.165, 1.54) is 35.6 Å². The van der Waals surface area contributed by atoms with Crippen molar-refractivity contribution in [2.45, 2.75) is 0 Å². The molecule has 1 amide bonds. The third-order valence-corrected chi connectivity index (χ3v) is 5.15. The Morgan fingerprint density at radius 1 is 0.929 bits per heavy atom. The van der Waals surface area contributed by atoms with Crippen LogP contribution in [-0.4, -0.2) is 15.5 Å². The average molecular weight is 395 g/mol. The first-order valence-electron chi connectivity index (χ1n) is 8.45. The summed E-state index contributed by atoms with van der Waals surface area (Å²) in [5.74, 6) is -0.931. The maximum absolute atomic E-state index is 13.2. The average Bonchev–Trinajstić information content (AvgIpc) is 3.30. The van der Waals surface area contributed by atoms with Crippen molar-refractivity contribution in [1.29, 1.82) is 0 Å². The van der Waals surface area contributed by atoms with Crippen LogP contribution in [-0.2, 0) is 7.05 Å². The van der Waals surface area contributed by atoms with Crippen LogP contribution in [0.25, 0.3) is 22.5 Å². The Bertz CT molecular complexity index is 1130. The van der Waals surface area contributed by atoms with Crippen molar-refractivity contribution in [2.75, 3.05) is 5.32 Å². The van der Waals surface area contributed by atoms with Gasteiger partial charge in [-0.1, -0.05) is 0 Å². The zero-order valence-corrected chi connectivity index (χ0v) is 15.6. The Morgan fingerprint density at radius 2 is 1.54 bits per heavy atom. The topological polar surface area (TPSA) is 46.9 Å². The van der Waals surface area contributed by atoms with E-state index in [4.69, 9.17) is 0 Å². The van der Waals surface area contributed by atoms with Gasteiger partial charge in [0.05, 0.1) is 5.51 Å². The number of halogens is 2. The fourth-order valence-electron chi connectivity index (χ4n) is 2.97. The molecule has 4 aromatic rings. The van der Waals surface area contributed by atoms with Crippen molar-refractivity contribution in [1.82, 2.24) is 9.55 Å². The van der Waals surface area contributed by atoms with E-state index in [1.807, 2.05) is 6.07 Å². The van der Waals surface area contributed by atoms with Gasteiger partial charge in [-0.05, 0) is 66.2 Å². The van der Waals surface area contributed by atoms with Crippen molar-refractivity contribution < 1.29 is 13.6 Å². The molecule has 4 rings (SSSR count). The zero-order valence-electron chi connectivity index (χ0n) is 14.8. The lowest BCUT2D eigenvalue weighted by Gasteiger charge is -2.09. The number of thiazole rings is 1. The van der Waals surface area contributed by atoms with Crippen LogP contribution >= 0.6 is 11.3 Å². The largest absolute Gasteiger partial charge is 0.340 e. The third-order valence-electron chi connectivity index (χ3n) is 4.41. The van der Waals surface area contributed by atoms with Crippen molar-refractivity contribution in [3.05, 3.63) is 83.5 Å². The highest BCUT2D eigenvalue weighted by atomic mass is 32.1. The lowest BCUT2D eigenvalue weighted by Crippen LogP contribution is -2.15. The molecular formula is C21H15F2N3OS. The standard InChI is InChI=1S/C21H15F2N3OS/c1-26-17(13-2-6-15(22)7-3-13)10-11-18(26)20(27)25-21-19(24-12-28-21)14-4-8-16(23)9-5-14/h2-12H,1H3,(H,25,27). The van der Waals surface area contributed by atoms with E-state index >= 15 is 0 Å². The van der Waals surface area contributed by atoms with E-state index in [0.717, 1.165) is 16.8 Å². The molecule has 0 bridgehead atoms. The minimum absolute atomic E-state index is 0.288. The normalized spacial score (nSPS) is 10.8. The van der Waals surface area contributed by atoms with Gasteiger partial charge >= 0.3 is 0 Å². The van der Waals surface area contributed by atoms with E-state index in [1.54, 1.807) is 47.5 Å². The van der Waals surface area contributed by atoms with Gasteiger partial charge in [-0.3, -0.25) is 4.79 Å². The molecule has 0 saturated heterocycles. The van der Waals surface area contributed by atoms with Crippen LogP contribution in [0.15, 0.2) is 66.2 Å². The molecule has 0 aliphatic rings. The van der Waals surface area contributed by atoms with Crippen LogP contribution in [0.5, 0.6) is 0 Å². The van der Waals surface area contributed by atoms with Gasteiger partial charge in [-0.15, -0.1) is 11.3 Å². The summed E-state index contributed by atoms with van der Waals surface area (Å²) in [5, 5.41) is 3.46. The van der Waals surface area contributed by atoms with Gasteiger partial charge in [-0.25, -0.2) is 13.8 Å². The zero-order chi connectivity index (χ0) is 19.7. The highest BCUT2D eigenvalue weighted by molar-refractivity contribution is 7.14. The van der Waals surface area contributed by atoms with E-state index in [2.05, 4.69) is 10.3 Å². The minimum Gasteiger partial charge on any atom is -0.340 e. The van der Waals surface area contributed by atoms with Gasteiger partial charge in [0.25, 0.3) is 5.91 Å². The summed E-state index contributed by atoms with van der Waals surface area (Å²) in [4.78, 5) is 17.1. The Kier molecular flexibility index (Phi) is 4.75. The van der Waals surface area contributed by atoms with Crippen LogP contribution in [0, 0.1) is 11.6 Å². The maximum Gasteiger partial charge on any atom is 0.272 e. The Morgan fingerprint density at radius 3 is 2.18 bits per heavy atom. The Balaban J connectivity index is 1.60. The van der Waals surface area contributed by atoms with Gasteiger partial charge in [0, 0.05) is 18.3 Å². The molecule has 2 aromatic carbocycles. The molecule has 7 heteroatoms. The summed E-state index contributed by atoms with van der Waals surface area (Å²) in [5.41, 5.74) is 5.00. The monoisotopic (exact) mass is 395 g/mol. The van der Waals surface area contributed by atoms with Gasteiger partial charge in [0.2, 0.25) is 0 Å². The number of aromatic nitrogens is 2. The van der Waals surface area contributed by atoms with Crippen molar-refractivity contribution >= 4 is 22.2 Å². The first kappa shape index (κ1) is 18.1. The molecule has 0 aliphatic heterocycles. The number of carbonyl (C=O) groups excluding carboxylic acids is 1. The summed E-state index contributed by atoms with van der Waals surface area (Å²) in [6.45, 7) is 0. The SMILES string of the molecule is Cn1c(C(=O)Nc2scnc2-c2ccc(F)cc2)ccc1-c1ccc(F)cc1. The maximum atomic E-state index is 13.2. The second kappa shape index (κ2) is 7.36. The molecule has 0 aliphatic carbocycles. The van der Waals surface area contributed by atoms with Crippen LogP contribution in [0.4, 0.5) is 13.8 Å². The number of hydrogen-bond donors (Lipinski definition) is 1. The molecule has 0 spiro atoms. The molecule has 2 heterocycles. The first-order chi connectivity index (χ1) is 13.5. The molecule has 140 valence electrons.